The Morgan fingerprint density at radius 1 is 1.36 bits per heavy atom. The molecule has 1 aromatic rings. The molecule has 1 aliphatic heterocycles. The average molecular weight is 347 g/mol. The van der Waals surface area contributed by atoms with Gasteiger partial charge in [0.1, 0.15) is 0 Å². The van der Waals surface area contributed by atoms with Crippen molar-refractivity contribution in [3.8, 4) is 0 Å². The van der Waals surface area contributed by atoms with Gasteiger partial charge < -0.3 is 9.84 Å². The summed E-state index contributed by atoms with van der Waals surface area (Å²) >= 11 is 12.2. The zero-order valence-corrected chi connectivity index (χ0v) is 14.6. The summed E-state index contributed by atoms with van der Waals surface area (Å²) in [5.41, 5.74) is 0.698. The van der Waals surface area contributed by atoms with Gasteiger partial charge in [-0.1, -0.05) is 23.2 Å². The van der Waals surface area contributed by atoms with Gasteiger partial charge in [-0.2, -0.15) is 0 Å². The number of aliphatic hydroxyl groups is 1. The SMILES string of the molecule is COCCN1CCN(C[C@@H](O)c2cc(Cl)ccc2Cl)C[C@H]1C. The normalized spacial score (nSPS) is 22.0. The number of aliphatic hydroxyl groups excluding tert-OH is 1. The summed E-state index contributed by atoms with van der Waals surface area (Å²) in [7, 11) is 1.73. The minimum Gasteiger partial charge on any atom is -0.387 e. The van der Waals surface area contributed by atoms with Crippen LogP contribution in [0.15, 0.2) is 18.2 Å². The monoisotopic (exact) mass is 346 g/mol. The third kappa shape index (κ3) is 4.82. The van der Waals surface area contributed by atoms with Crippen molar-refractivity contribution in [1.82, 2.24) is 9.80 Å². The molecule has 1 N–H and O–H groups in total. The van der Waals surface area contributed by atoms with Gasteiger partial charge >= 0.3 is 0 Å². The molecule has 22 heavy (non-hydrogen) atoms. The molecule has 2 rings (SSSR count). The maximum absolute atomic E-state index is 10.5. The molecule has 1 saturated heterocycles. The summed E-state index contributed by atoms with van der Waals surface area (Å²) in [6.45, 7) is 7.34. The smallest absolute Gasteiger partial charge is 0.0931 e. The Bertz CT molecular complexity index is 487. The number of β-amino-alcohol motifs (C(OH)–C–C–N with tert-alkyl or cyclic N) is 1. The topological polar surface area (TPSA) is 35.9 Å². The number of hydrogen-bond acceptors (Lipinski definition) is 4. The Morgan fingerprint density at radius 2 is 2.14 bits per heavy atom. The number of hydrogen-bond donors (Lipinski definition) is 1. The summed E-state index contributed by atoms with van der Waals surface area (Å²) in [6, 6.07) is 5.66. The summed E-state index contributed by atoms with van der Waals surface area (Å²) in [4.78, 5) is 4.69. The lowest BCUT2D eigenvalue weighted by molar-refractivity contribution is 0.0331. The molecule has 0 amide bonds. The highest BCUT2D eigenvalue weighted by molar-refractivity contribution is 6.33. The van der Waals surface area contributed by atoms with Crippen LogP contribution in [0, 0.1) is 0 Å². The van der Waals surface area contributed by atoms with E-state index >= 15 is 0 Å². The van der Waals surface area contributed by atoms with Crippen LogP contribution in [0.5, 0.6) is 0 Å². The van der Waals surface area contributed by atoms with Crippen LogP contribution in [-0.4, -0.2) is 67.4 Å². The van der Waals surface area contributed by atoms with E-state index in [0.29, 0.717) is 28.2 Å². The van der Waals surface area contributed by atoms with Gasteiger partial charge in [0.05, 0.1) is 12.7 Å². The van der Waals surface area contributed by atoms with Crippen LogP contribution < -0.4 is 0 Å². The lowest BCUT2D eigenvalue weighted by atomic mass is 10.1. The van der Waals surface area contributed by atoms with Crippen LogP contribution in [-0.2, 0) is 4.74 Å². The fourth-order valence-corrected chi connectivity index (χ4v) is 3.31. The van der Waals surface area contributed by atoms with Crippen LogP contribution in [0.25, 0.3) is 0 Å². The molecule has 0 saturated carbocycles. The fourth-order valence-electron chi connectivity index (χ4n) is 2.89. The van der Waals surface area contributed by atoms with Crippen molar-refractivity contribution in [2.45, 2.75) is 19.1 Å². The maximum Gasteiger partial charge on any atom is 0.0931 e. The van der Waals surface area contributed by atoms with Gasteiger partial charge in [0, 0.05) is 61.5 Å². The number of halogens is 2. The van der Waals surface area contributed by atoms with Crippen LogP contribution in [0.1, 0.15) is 18.6 Å². The molecule has 1 aromatic carbocycles. The third-order valence-electron chi connectivity index (χ3n) is 4.18. The van der Waals surface area contributed by atoms with Crippen molar-refractivity contribution < 1.29 is 9.84 Å². The predicted molar refractivity (Wildman–Crippen MR) is 90.8 cm³/mol. The van der Waals surface area contributed by atoms with Crippen LogP contribution in [0.4, 0.5) is 0 Å². The summed E-state index contributed by atoms with van der Waals surface area (Å²) in [5.74, 6) is 0. The Kier molecular flexibility index (Phi) is 6.93. The lowest BCUT2D eigenvalue weighted by Gasteiger charge is -2.40. The molecular formula is C16H24Cl2N2O2. The molecule has 1 aliphatic rings. The molecule has 0 spiro atoms. The van der Waals surface area contributed by atoms with Crippen molar-refractivity contribution in [3.63, 3.8) is 0 Å². The molecule has 124 valence electrons. The predicted octanol–water partition coefficient (Wildman–Crippen LogP) is 2.68. The highest BCUT2D eigenvalue weighted by atomic mass is 35.5. The Hall–Kier alpha value is -0.360. The molecule has 2 atom stereocenters. The van der Waals surface area contributed by atoms with Crippen LogP contribution in [0.3, 0.4) is 0 Å². The Labute approximate surface area is 142 Å². The van der Waals surface area contributed by atoms with Crippen molar-refractivity contribution in [1.29, 1.82) is 0 Å². The first-order chi connectivity index (χ1) is 10.5. The van der Waals surface area contributed by atoms with Crippen molar-refractivity contribution in [2.75, 3.05) is 46.4 Å². The second-order valence-electron chi connectivity index (χ2n) is 5.82. The minimum atomic E-state index is -0.621. The van der Waals surface area contributed by atoms with E-state index in [1.165, 1.54) is 0 Å². The van der Waals surface area contributed by atoms with E-state index in [2.05, 4.69) is 16.7 Å². The number of benzene rings is 1. The van der Waals surface area contributed by atoms with E-state index in [9.17, 15) is 5.11 Å². The van der Waals surface area contributed by atoms with Gasteiger partial charge in [-0.05, 0) is 25.1 Å². The first-order valence-corrected chi connectivity index (χ1v) is 8.35. The molecule has 0 aromatic heterocycles. The number of piperazine rings is 1. The largest absolute Gasteiger partial charge is 0.387 e. The molecule has 0 unspecified atom stereocenters. The van der Waals surface area contributed by atoms with Crippen LogP contribution >= 0.6 is 23.2 Å². The Morgan fingerprint density at radius 3 is 2.82 bits per heavy atom. The van der Waals surface area contributed by atoms with E-state index < -0.39 is 6.10 Å². The second kappa shape index (κ2) is 8.48. The zero-order valence-electron chi connectivity index (χ0n) is 13.1. The first kappa shape index (κ1) is 18.0. The van der Waals surface area contributed by atoms with Gasteiger partial charge in [-0.15, -0.1) is 0 Å². The molecule has 0 aliphatic carbocycles. The highest BCUT2D eigenvalue weighted by Crippen LogP contribution is 2.27. The van der Waals surface area contributed by atoms with Crippen molar-refractivity contribution >= 4 is 23.2 Å². The molecule has 1 heterocycles. The Balaban J connectivity index is 1.90. The van der Waals surface area contributed by atoms with E-state index in [-0.39, 0.29) is 0 Å². The molecule has 0 radical (unpaired) electrons. The van der Waals surface area contributed by atoms with Crippen molar-refractivity contribution in [3.05, 3.63) is 33.8 Å². The quantitative estimate of drug-likeness (QED) is 0.858. The zero-order chi connectivity index (χ0) is 16.1. The summed E-state index contributed by atoms with van der Waals surface area (Å²) < 4.78 is 5.14. The van der Waals surface area contributed by atoms with E-state index in [4.69, 9.17) is 27.9 Å². The molecule has 1 fully saturated rings. The highest BCUT2D eigenvalue weighted by Gasteiger charge is 2.25. The van der Waals surface area contributed by atoms with Crippen LogP contribution in [0.2, 0.25) is 10.0 Å². The van der Waals surface area contributed by atoms with E-state index in [0.717, 1.165) is 32.8 Å². The number of methoxy groups -OCH3 is 1. The van der Waals surface area contributed by atoms with Gasteiger partial charge in [0.25, 0.3) is 0 Å². The lowest BCUT2D eigenvalue weighted by Crippen LogP contribution is -2.53. The standard InChI is InChI=1S/C16H24Cl2N2O2/c1-12-10-19(5-6-20(12)7-8-22-2)11-16(21)14-9-13(17)3-4-15(14)18/h3-4,9,12,16,21H,5-8,10-11H2,1-2H3/t12-,16-/m1/s1. The van der Waals surface area contributed by atoms with Gasteiger partial charge in [-0.3, -0.25) is 9.80 Å². The van der Waals surface area contributed by atoms with Crippen molar-refractivity contribution in [2.24, 2.45) is 0 Å². The number of nitrogens with zero attached hydrogens (tertiary/aromatic N) is 2. The molecular weight excluding hydrogens is 323 g/mol. The summed E-state index contributed by atoms with van der Waals surface area (Å²) in [6.07, 6.45) is -0.621. The fraction of sp³-hybridized carbons (Fsp3) is 0.625. The van der Waals surface area contributed by atoms with Gasteiger partial charge in [0.2, 0.25) is 0 Å². The summed E-state index contributed by atoms with van der Waals surface area (Å²) in [5, 5.41) is 11.6. The minimum absolute atomic E-state index is 0.450. The second-order valence-corrected chi connectivity index (χ2v) is 6.66. The maximum atomic E-state index is 10.5. The first-order valence-electron chi connectivity index (χ1n) is 7.59. The average Bonchev–Trinajstić information content (AvgIpc) is 2.49. The van der Waals surface area contributed by atoms with Gasteiger partial charge in [0.15, 0.2) is 0 Å². The number of ether oxygens (including phenoxy) is 1. The van der Waals surface area contributed by atoms with E-state index in [1.54, 1.807) is 25.3 Å². The molecule has 0 bridgehead atoms. The van der Waals surface area contributed by atoms with Gasteiger partial charge in [-0.25, -0.2) is 0 Å². The molecule has 4 nitrogen and oxygen atoms in total. The number of rotatable bonds is 6. The molecule has 6 heteroatoms. The van der Waals surface area contributed by atoms with E-state index in [1.807, 2.05) is 0 Å². The third-order valence-corrected chi connectivity index (χ3v) is 4.76.